The summed E-state index contributed by atoms with van der Waals surface area (Å²) in [5.74, 6) is -1.08. The summed E-state index contributed by atoms with van der Waals surface area (Å²) in [6.07, 6.45) is 0. The van der Waals surface area contributed by atoms with E-state index in [0.717, 1.165) is 0 Å². The SMILES string of the molecule is O=C(CO)N1CCN(c2ccc3cc(F)ccc3c2F)CC1. The van der Waals surface area contributed by atoms with E-state index < -0.39 is 12.4 Å². The maximum absolute atomic E-state index is 14.6. The highest BCUT2D eigenvalue weighted by Gasteiger charge is 2.22. The first-order chi connectivity index (χ1) is 10.6. The van der Waals surface area contributed by atoms with Crippen molar-refractivity contribution in [3.05, 3.63) is 42.0 Å². The molecule has 1 saturated heterocycles. The number of carbonyl (C=O) groups excluding carboxylic acids is 1. The molecule has 0 saturated carbocycles. The molecule has 3 rings (SSSR count). The molecule has 1 aliphatic heterocycles. The number of rotatable bonds is 2. The van der Waals surface area contributed by atoms with Crippen LogP contribution in [0.1, 0.15) is 0 Å². The number of anilines is 1. The van der Waals surface area contributed by atoms with Gasteiger partial charge in [0.2, 0.25) is 5.91 Å². The number of piperazine rings is 1. The van der Waals surface area contributed by atoms with Gasteiger partial charge in [-0.1, -0.05) is 6.07 Å². The van der Waals surface area contributed by atoms with Crippen LogP contribution in [-0.2, 0) is 4.79 Å². The van der Waals surface area contributed by atoms with Crippen LogP contribution in [0.5, 0.6) is 0 Å². The van der Waals surface area contributed by atoms with E-state index in [1.54, 1.807) is 17.0 Å². The Morgan fingerprint density at radius 3 is 2.50 bits per heavy atom. The topological polar surface area (TPSA) is 43.8 Å². The third-order valence-electron chi connectivity index (χ3n) is 4.00. The molecule has 0 aliphatic carbocycles. The van der Waals surface area contributed by atoms with Crippen molar-refractivity contribution in [1.29, 1.82) is 0 Å². The molecule has 0 radical (unpaired) electrons. The molecular weight excluding hydrogens is 290 g/mol. The lowest BCUT2D eigenvalue weighted by Gasteiger charge is -2.36. The van der Waals surface area contributed by atoms with Crippen molar-refractivity contribution < 1.29 is 18.7 Å². The number of amides is 1. The van der Waals surface area contributed by atoms with Gasteiger partial charge in [-0.3, -0.25) is 4.79 Å². The maximum atomic E-state index is 14.6. The molecule has 0 spiro atoms. The molecule has 2 aromatic carbocycles. The zero-order chi connectivity index (χ0) is 15.7. The number of benzene rings is 2. The third kappa shape index (κ3) is 2.62. The molecule has 1 amide bonds. The van der Waals surface area contributed by atoms with Crippen LogP contribution in [0.2, 0.25) is 0 Å². The predicted octanol–water partition coefficient (Wildman–Crippen LogP) is 1.76. The van der Waals surface area contributed by atoms with Gasteiger partial charge in [0.05, 0.1) is 5.69 Å². The molecule has 0 aromatic heterocycles. The lowest BCUT2D eigenvalue weighted by Crippen LogP contribution is -2.49. The lowest BCUT2D eigenvalue weighted by molar-refractivity contribution is -0.134. The molecule has 22 heavy (non-hydrogen) atoms. The Hall–Kier alpha value is -2.21. The van der Waals surface area contributed by atoms with E-state index in [4.69, 9.17) is 5.11 Å². The molecule has 1 heterocycles. The summed E-state index contributed by atoms with van der Waals surface area (Å²) >= 11 is 0. The van der Waals surface area contributed by atoms with Crippen LogP contribution < -0.4 is 4.90 Å². The van der Waals surface area contributed by atoms with Gasteiger partial charge >= 0.3 is 0 Å². The van der Waals surface area contributed by atoms with Crippen molar-refractivity contribution in [3.8, 4) is 0 Å². The van der Waals surface area contributed by atoms with E-state index in [1.807, 2.05) is 4.90 Å². The van der Waals surface area contributed by atoms with E-state index in [1.165, 1.54) is 18.2 Å². The number of carbonyl (C=O) groups is 1. The maximum Gasteiger partial charge on any atom is 0.248 e. The second kappa shape index (κ2) is 5.88. The monoisotopic (exact) mass is 306 g/mol. The average Bonchev–Trinajstić information content (AvgIpc) is 2.54. The fourth-order valence-corrected chi connectivity index (χ4v) is 2.79. The lowest BCUT2D eigenvalue weighted by atomic mass is 10.1. The molecule has 116 valence electrons. The summed E-state index contributed by atoms with van der Waals surface area (Å²) in [7, 11) is 0. The van der Waals surface area contributed by atoms with E-state index in [2.05, 4.69) is 0 Å². The highest BCUT2D eigenvalue weighted by Crippen LogP contribution is 2.28. The summed E-state index contributed by atoms with van der Waals surface area (Å²) in [4.78, 5) is 14.9. The van der Waals surface area contributed by atoms with E-state index in [9.17, 15) is 13.6 Å². The van der Waals surface area contributed by atoms with Crippen LogP contribution in [0.15, 0.2) is 30.3 Å². The smallest absolute Gasteiger partial charge is 0.248 e. The van der Waals surface area contributed by atoms with Gasteiger partial charge in [-0.25, -0.2) is 8.78 Å². The largest absolute Gasteiger partial charge is 0.387 e. The minimum absolute atomic E-state index is 0.311. The van der Waals surface area contributed by atoms with E-state index >= 15 is 0 Å². The van der Waals surface area contributed by atoms with Crippen LogP contribution in [-0.4, -0.2) is 48.7 Å². The minimum atomic E-state index is -0.504. The van der Waals surface area contributed by atoms with Crippen LogP contribution >= 0.6 is 0 Å². The molecule has 0 bridgehead atoms. The summed E-state index contributed by atoms with van der Waals surface area (Å²) in [5.41, 5.74) is 0.454. The fourth-order valence-electron chi connectivity index (χ4n) is 2.79. The van der Waals surface area contributed by atoms with Crippen LogP contribution in [0.25, 0.3) is 10.8 Å². The van der Waals surface area contributed by atoms with Crippen molar-refractivity contribution in [1.82, 2.24) is 4.90 Å². The van der Waals surface area contributed by atoms with Crippen molar-refractivity contribution in [3.63, 3.8) is 0 Å². The number of fused-ring (bicyclic) bond motifs is 1. The number of aliphatic hydroxyl groups is 1. The van der Waals surface area contributed by atoms with Crippen molar-refractivity contribution in [2.75, 3.05) is 37.7 Å². The van der Waals surface area contributed by atoms with Gasteiger partial charge in [0.1, 0.15) is 12.4 Å². The number of nitrogens with zero attached hydrogens (tertiary/aromatic N) is 2. The summed E-state index contributed by atoms with van der Waals surface area (Å²) in [6.45, 7) is 1.38. The van der Waals surface area contributed by atoms with Crippen LogP contribution in [0.4, 0.5) is 14.5 Å². The van der Waals surface area contributed by atoms with Gasteiger partial charge < -0.3 is 14.9 Å². The van der Waals surface area contributed by atoms with Crippen molar-refractivity contribution in [2.45, 2.75) is 0 Å². The van der Waals surface area contributed by atoms with E-state index in [-0.39, 0.29) is 11.7 Å². The highest BCUT2D eigenvalue weighted by molar-refractivity contribution is 5.87. The predicted molar refractivity (Wildman–Crippen MR) is 79.7 cm³/mol. The van der Waals surface area contributed by atoms with Gasteiger partial charge in [0, 0.05) is 31.6 Å². The van der Waals surface area contributed by atoms with Gasteiger partial charge in [-0.2, -0.15) is 0 Å². The van der Waals surface area contributed by atoms with Gasteiger partial charge in [-0.05, 0) is 29.7 Å². The first-order valence-electron chi connectivity index (χ1n) is 7.11. The van der Waals surface area contributed by atoms with Gasteiger partial charge in [-0.15, -0.1) is 0 Å². The zero-order valence-electron chi connectivity index (χ0n) is 11.9. The molecule has 2 aromatic rings. The molecule has 1 N–H and O–H groups in total. The number of halogens is 2. The second-order valence-electron chi connectivity index (χ2n) is 5.29. The number of aliphatic hydroxyl groups excluding tert-OH is 1. The Balaban J connectivity index is 1.84. The summed E-state index contributed by atoms with van der Waals surface area (Å²) in [5, 5.41) is 9.77. The van der Waals surface area contributed by atoms with Crippen molar-refractivity contribution in [2.24, 2.45) is 0 Å². The Bertz CT molecular complexity index is 713. The average molecular weight is 306 g/mol. The number of hydrogen-bond donors (Lipinski definition) is 1. The van der Waals surface area contributed by atoms with E-state index in [0.29, 0.717) is 42.6 Å². The number of hydrogen-bond acceptors (Lipinski definition) is 3. The summed E-state index contributed by atoms with van der Waals surface area (Å²) < 4.78 is 27.8. The Kier molecular flexibility index (Phi) is 3.94. The summed E-state index contributed by atoms with van der Waals surface area (Å²) in [6, 6.07) is 7.32. The normalized spacial score (nSPS) is 15.4. The zero-order valence-corrected chi connectivity index (χ0v) is 11.9. The molecule has 4 nitrogen and oxygen atoms in total. The standard InChI is InChI=1S/C16H16F2N2O2/c17-12-2-3-13-11(9-12)1-4-14(16(13)18)19-5-7-20(8-6-19)15(22)10-21/h1-4,9,21H,5-8,10H2. The molecular formula is C16H16F2N2O2. The Labute approximate surface area is 126 Å². The quantitative estimate of drug-likeness (QED) is 0.919. The Morgan fingerprint density at radius 1 is 1.09 bits per heavy atom. The molecule has 0 unspecified atom stereocenters. The highest BCUT2D eigenvalue weighted by atomic mass is 19.1. The molecule has 1 aliphatic rings. The van der Waals surface area contributed by atoms with Crippen LogP contribution in [0.3, 0.4) is 0 Å². The first kappa shape index (κ1) is 14.7. The van der Waals surface area contributed by atoms with Gasteiger partial charge in [0.15, 0.2) is 5.82 Å². The molecule has 0 atom stereocenters. The second-order valence-corrected chi connectivity index (χ2v) is 5.29. The minimum Gasteiger partial charge on any atom is -0.387 e. The molecule has 6 heteroatoms. The van der Waals surface area contributed by atoms with Gasteiger partial charge in [0.25, 0.3) is 0 Å². The molecule has 1 fully saturated rings. The fraction of sp³-hybridized carbons (Fsp3) is 0.312. The third-order valence-corrected chi connectivity index (χ3v) is 4.00. The Morgan fingerprint density at radius 2 is 1.82 bits per heavy atom. The van der Waals surface area contributed by atoms with Crippen LogP contribution in [0, 0.1) is 11.6 Å². The first-order valence-corrected chi connectivity index (χ1v) is 7.11. The van der Waals surface area contributed by atoms with Crippen molar-refractivity contribution >= 4 is 22.4 Å².